The second-order valence-electron chi connectivity index (χ2n) is 8.72. The summed E-state index contributed by atoms with van der Waals surface area (Å²) in [6.07, 6.45) is 5.81. The summed E-state index contributed by atoms with van der Waals surface area (Å²) in [7, 11) is 0. The molecule has 8 heteroatoms. The first-order chi connectivity index (χ1) is 15.1. The van der Waals surface area contributed by atoms with E-state index in [1.165, 1.54) is 19.3 Å². The number of fused-ring (bicyclic) bond motifs is 1. The zero-order chi connectivity index (χ0) is 21.4. The molecule has 0 unspecified atom stereocenters. The first kappa shape index (κ1) is 19.8. The van der Waals surface area contributed by atoms with E-state index in [4.69, 9.17) is 4.98 Å². The molecule has 162 valence electrons. The minimum absolute atomic E-state index is 0.0367. The number of H-pyrrole nitrogens is 1. The lowest BCUT2D eigenvalue weighted by Gasteiger charge is -2.38. The van der Waals surface area contributed by atoms with Crippen LogP contribution in [0.15, 0.2) is 35.1 Å². The number of rotatable bonds is 4. The van der Waals surface area contributed by atoms with Gasteiger partial charge in [0, 0.05) is 19.6 Å². The number of carbonyl (C=O) groups is 1. The zero-order valence-electron chi connectivity index (χ0n) is 17.8. The standard InChI is InChI=1S/C23H28N6O2/c1-15-19-21(29(27-15)18-10-6-3-7-11-18)25-20(26-22(19)30)17-13-28(14-17)23(31)24-12-16-8-4-2-5-9-16/h2,4-5,8-9,17-18H,3,6-7,10-14H2,1H3,(H,24,31)(H,25,26,30). The fourth-order valence-electron chi connectivity index (χ4n) is 4.71. The van der Waals surface area contributed by atoms with E-state index in [0.717, 1.165) is 24.1 Å². The largest absolute Gasteiger partial charge is 0.334 e. The van der Waals surface area contributed by atoms with Crippen molar-refractivity contribution in [3.05, 3.63) is 57.8 Å². The van der Waals surface area contributed by atoms with E-state index in [1.807, 2.05) is 41.9 Å². The van der Waals surface area contributed by atoms with Crippen LogP contribution in [0.5, 0.6) is 0 Å². The Balaban J connectivity index is 1.30. The molecule has 0 atom stereocenters. The van der Waals surface area contributed by atoms with Gasteiger partial charge in [0.2, 0.25) is 0 Å². The first-order valence-corrected chi connectivity index (χ1v) is 11.2. The maximum atomic E-state index is 12.8. The van der Waals surface area contributed by atoms with Crippen molar-refractivity contribution >= 4 is 17.1 Å². The fourth-order valence-corrected chi connectivity index (χ4v) is 4.71. The Labute approximate surface area is 180 Å². The van der Waals surface area contributed by atoms with E-state index in [-0.39, 0.29) is 17.5 Å². The Kier molecular flexibility index (Phi) is 5.21. The number of likely N-dealkylation sites (tertiary alicyclic amines) is 1. The maximum Gasteiger partial charge on any atom is 0.317 e. The highest BCUT2D eigenvalue weighted by Gasteiger charge is 2.34. The highest BCUT2D eigenvalue weighted by atomic mass is 16.2. The second kappa shape index (κ2) is 8.17. The molecule has 0 radical (unpaired) electrons. The quantitative estimate of drug-likeness (QED) is 0.677. The number of amides is 2. The Bertz CT molecular complexity index is 1140. The number of benzene rings is 1. The average molecular weight is 421 g/mol. The summed E-state index contributed by atoms with van der Waals surface area (Å²) in [6.45, 7) is 3.47. The fraction of sp³-hybridized carbons (Fsp3) is 0.478. The monoisotopic (exact) mass is 420 g/mol. The van der Waals surface area contributed by atoms with Crippen molar-refractivity contribution in [1.82, 2.24) is 30.0 Å². The van der Waals surface area contributed by atoms with E-state index in [0.29, 0.717) is 42.5 Å². The van der Waals surface area contributed by atoms with Gasteiger partial charge in [0.25, 0.3) is 5.56 Å². The molecule has 0 bridgehead atoms. The molecule has 1 aliphatic heterocycles. The van der Waals surface area contributed by atoms with Crippen LogP contribution in [0.3, 0.4) is 0 Å². The van der Waals surface area contributed by atoms with Crippen LogP contribution in [-0.2, 0) is 6.54 Å². The van der Waals surface area contributed by atoms with Gasteiger partial charge < -0.3 is 15.2 Å². The Morgan fingerprint density at radius 2 is 1.90 bits per heavy atom. The minimum Gasteiger partial charge on any atom is -0.334 e. The number of hydrogen-bond donors (Lipinski definition) is 2. The molecule has 2 aromatic heterocycles. The molecular formula is C23H28N6O2. The third kappa shape index (κ3) is 3.82. The van der Waals surface area contributed by atoms with Crippen LogP contribution in [0.1, 0.15) is 61.1 Å². The summed E-state index contributed by atoms with van der Waals surface area (Å²) in [5.74, 6) is 0.691. The molecule has 2 fully saturated rings. The number of nitrogens with zero attached hydrogens (tertiary/aromatic N) is 4. The van der Waals surface area contributed by atoms with Gasteiger partial charge in [0.15, 0.2) is 5.65 Å². The van der Waals surface area contributed by atoms with Gasteiger partial charge in [-0.3, -0.25) is 4.79 Å². The first-order valence-electron chi connectivity index (χ1n) is 11.2. The van der Waals surface area contributed by atoms with Crippen LogP contribution >= 0.6 is 0 Å². The molecule has 1 saturated carbocycles. The summed E-state index contributed by atoms with van der Waals surface area (Å²) in [5, 5.41) is 8.21. The van der Waals surface area contributed by atoms with Crippen LogP contribution < -0.4 is 10.9 Å². The smallest absolute Gasteiger partial charge is 0.317 e. The number of aromatic nitrogens is 4. The SMILES string of the molecule is Cc1nn(C2CCCCC2)c2nc(C3CN(C(=O)NCc4ccccc4)C3)[nH]c(=O)c12. The van der Waals surface area contributed by atoms with Crippen molar-refractivity contribution in [3.63, 3.8) is 0 Å². The highest BCUT2D eigenvalue weighted by molar-refractivity contribution is 5.77. The van der Waals surface area contributed by atoms with Crippen molar-refractivity contribution < 1.29 is 4.79 Å². The average Bonchev–Trinajstić information content (AvgIpc) is 3.09. The lowest BCUT2D eigenvalue weighted by molar-refractivity contribution is 0.148. The normalized spacial score (nSPS) is 17.6. The summed E-state index contributed by atoms with van der Waals surface area (Å²) in [6, 6.07) is 10.1. The lowest BCUT2D eigenvalue weighted by atomic mass is 9.96. The number of hydrogen-bond acceptors (Lipinski definition) is 4. The van der Waals surface area contributed by atoms with Crippen molar-refractivity contribution in [2.45, 2.75) is 57.5 Å². The van der Waals surface area contributed by atoms with Crippen LogP contribution in [0, 0.1) is 6.92 Å². The van der Waals surface area contributed by atoms with E-state index in [2.05, 4.69) is 15.4 Å². The molecule has 2 amide bonds. The van der Waals surface area contributed by atoms with Gasteiger partial charge in [-0.15, -0.1) is 0 Å². The molecule has 1 aliphatic carbocycles. The molecular weight excluding hydrogens is 392 g/mol. The Morgan fingerprint density at radius 1 is 1.16 bits per heavy atom. The molecule has 1 saturated heterocycles. The van der Waals surface area contributed by atoms with Crippen molar-refractivity contribution in [2.75, 3.05) is 13.1 Å². The van der Waals surface area contributed by atoms with Crippen LogP contribution in [-0.4, -0.2) is 43.8 Å². The van der Waals surface area contributed by atoms with Gasteiger partial charge in [-0.1, -0.05) is 49.6 Å². The minimum atomic E-state index is -0.133. The topological polar surface area (TPSA) is 95.9 Å². The van der Waals surface area contributed by atoms with Gasteiger partial charge >= 0.3 is 6.03 Å². The summed E-state index contributed by atoms with van der Waals surface area (Å²) >= 11 is 0. The molecule has 0 spiro atoms. The molecule has 8 nitrogen and oxygen atoms in total. The molecule has 2 aliphatic rings. The predicted octanol–water partition coefficient (Wildman–Crippen LogP) is 3.24. The summed E-state index contributed by atoms with van der Waals surface area (Å²) in [5.41, 5.74) is 2.36. The van der Waals surface area contributed by atoms with Crippen LogP contribution in [0.2, 0.25) is 0 Å². The molecule has 3 aromatic rings. The number of carbonyl (C=O) groups excluding carboxylic acids is 1. The summed E-state index contributed by atoms with van der Waals surface area (Å²) in [4.78, 5) is 34.7. The van der Waals surface area contributed by atoms with Crippen molar-refractivity contribution in [2.24, 2.45) is 0 Å². The van der Waals surface area contributed by atoms with Crippen LogP contribution in [0.25, 0.3) is 11.0 Å². The molecule has 3 heterocycles. The molecule has 2 N–H and O–H groups in total. The van der Waals surface area contributed by atoms with Crippen molar-refractivity contribution in [1.29, 1.82) is 0 Å². The third-order valence-electron chi connectivity index (χ3n) is 6.52. The lowest BCUT2D eigenvalue weighted by Crippen LogP contribution is -2.53. The van der Waals surface area contributed by atoms with E-state index < -0.39 is 0 Å². The van der Waals surface area contributed by atoms with E-state index in [9.17, 15) is 9.59 Å². The number of nitrogens with one attached hydrogen (secondary N) is 2. The maximum absolute atomic E-state index is 12.8. The number of aromatic amines is 1. The van der Waals surface area contributed by atoms with Gasteiger partial charge in [0.1, 0.15) is 11.2 Å². The van der Waals surface area contributed by atoms with Gasteiger partial charge in [0.05, 0.1) is 17.7 Å². The second-order valence-corrected chi connectivity index (χ2v) is 8.72. The molecule has 5 rings (SSSR count). The predicted molar refractivity (Wildman–Crippen MR) is 118 cm³/mol. The van der Waals surface area contributed by atoms with Gasteiger partial charge in [-0.25, -0.2) is 14.5 Å². The Morgan fingerprint density at radius 3 is 2.65 bits per heavy atom. The third-order valence-corrected chi connectivity index (χ3v) is 6.52. The zero-order valence-corrected chi connectivity index (χ0v) is 17.8. The van der Waals surface area contributed by atoms with Gasteiger partial charge in [-0.05, 0) is 25.3 Å². The van der Waals surface area contributed by atoms with E-state index >= 15 is 0 Å². The summed E-state index contributed by atoms with van der Waals surface area (Å²) < 4.78 is 1.98. The highest BCUT2D eigenvalue weighted by Crippen LogP contribution is 2.31. The molecule has 1 aromatic carbocycles. The number of urea groups is 1. The van der Waals surface area contributed by atoms with Gasteiger partial charge in [-0.2, -0.15) is 5.10 Å². The number of aryl methyl sites for hydroxylation is 1. The molecule has 31 heavy (non-hydrogen) atoms. The van der Waals surface area contributed by atoms with Crippen molar-refractivity contribution in [3.8, 4) is 0 Å². The van der Waals surface area contributed by atoms with Crippen LogP contribution in [0.4, 0.5) is 4.79 Å². The Hall–Kier alpha value is -3.16. The van der Waals surface area contributed by atoms with E-state index in [1.54, 1.807) is 4.90 Å².